The van der Waals surface area contributed by atoms with Gasteiger partial charge in [0.2, 0.25) is 5.88 Å². The number of morpholine rings is 1. The minimum atomic E-state index is 0.239. The highest BCUT2D eigenvalue weighted by Gasteiger charge is 2.24. The Morgan fingerprint density at radius 1 is 1.35 bits per heavy atom. The van der Waals surface area contributed by atoms with Gasteiger partial charge in [-0.15, -0.1) is 0 Å². The second-order valence-electron chi connectivity index (χ2n) is 4.32. The van der Waals surface area contributed by atoms with Crippen LogP contribution in [0.25, 0.3) is 0 Å². The summed E-state index contributed by atoms with van der Waals surface area (Å²) in [5.74, 6) is 0.693. The van der Waals surface area contributed by atoms with E-state index in [1.807, 2.05) is 6.07 Å². The summed E-state index contributed by atoms with van der Waals surface area (Å²) in [4.78, 5) is 6.68. The quantitative estimate of drug-likeness (QED) is 0.607. The molecule has 1 aromatic rings. The van der Waals surface area contributed by atoms with Gasteiger partial charge >= 0.3 is 0 Å². The lowest BCUT2D eigenvalue weighted by molar-refractivity contribution is -0.00535. The van der Waals surface area contributed by atoms with E-state index >= 15 is 0 Å². The van der Waals surface area contributed by atoms with Crippen molar-refractivity contribution in [2.24, 2.45) is 0 Å². The van der Waals surface area contributed by atoms with E-state index in [0.29, 0.717) is 5.88 Å². The van der Waals surface area contributed by atoms with Crippen molar-refractivity contribution in [1.29, 1.82) is 0 Å². The Hall–Kier alpha value is -0.560. The molecule has 4 nitrogen and oxygen atoms in total. The molecule has 2 atom stereocenters. The largest absolute Gasteiger partial charge is 0.479 e. The van der Waals surface area contributed by atoms with Gasteiger partial charge in [-0.05, 0) is 48.6 Å². The number of hydrogen-bond acceptors (Lipinski definition) is 4. The second kappa shape index (κ2) is 5.39. The molecule has 0 N–H and O–H groups in total. The van der Waals surface area contributed by atoms with Crippen LogP contribution in [0, 0.1) is 3.70 Å². The molecule has 0 saturated carbocycles. The number of rotatable bonds is 2. The molecule has 0 amide bonds. The van der Waals surface area contributed by atoms with Gasteiger partial charge in [-0.1, -0.05) is 0 Å². The lowest BCUT2D eigenvalue weighted by Crippen LogP contribution is -2.45. The van der Waals surface area contributed by atoms with Crippen LogP contribution in [0.2, 0.25) is 0 Å². The number of hydrogen-bond donors (Lipinski definition) is 0. The van der Waals surface area contributed by atoms with Crippen molar-refractivity contribution in [3.63, 3.8) is 0 Å². The number of ether oxygens (including phenoxy) is 2. The fourth-order valence-corrected chi connectivity index (χ4v) is 2.57. The zero-order chi connectivity index (χ0) is 12.4. The Kier molecular flexibility index (Phi) is 4.09. The summed E-state index contributed by atoms with van der Waals surface area (Å²) in [5.41, 5.74) is 1.05. The summed E-state index contributed by atoms with van der Waals surface area (Å²) < 4.78 is 12.0. The summed E-state index contributed by atoms with van der Waals surface area (Å²) in [6, 6.07) is 4.07. The third-order valence-corrected chi connectivity index (χ3v) is 3.36. The average molecular weight is 348 g/mol. The Morgan fingerprint density at radius 3 is 2.59 bits per heavy atom. The fraction of sp³-hybridized carbons (Fsp3) is 0.583. The van der Waals surface area contributed by atoms with E-state index in [4.69, 9.17) is 9.47 Å². The van der Waals surface area contributed by atoms with Crippen molar-refractivity contribution >= 4 is 28.3 Å². The van der Waals surface area contributed by atoms with Crippen LogP contribution in [0.4, 0.5) is 5.69 Å². The minimum absolute atomic E-state index is 0.239. The first-order chi connectivity index (χ1) is 8.10. The van der Waals surface area contributed by atoms with Crippen LogP contribution < -0.4 is 9.64 Å². The lowest BCUT2D eigenvalue weighted by Gasteiger charge is -2.37. The topological polar surface area (TPSA) is 34.6 Å². The number of aromatic nitrogens is 1. The molecule has 17 heavy (non-hydrogen) atoms. The number of nitrogens with zero attached hydrogens (tertiary/aromatic N) is 2. The predicted molar refractivity (Wildman–Crippen MR) is 75.7 cm³/mol. The summed E-state index contributed by atoms with van der Waals surface area (Å²) in [7, 11) is 1.66. The molecule has 1 aliphatic heterocycles. The molecule has 0 aromatic carbocycles. The normalized spacial score (nSPS) is 24.8. The van der Waals surface area contributed by atoms with Crippen LogP contribution in [0.15, 0.2) is 12.1 Å². The van der Waals surface area contributed by atoms with E-state index in [0.717, 1.165) is 22.5 Å². The highest BCUT2D eigenvalue weighted by molar-refractivity contribution is 14.1. The van der Waals surface area contributed by atoms with Gasteiger partial charge in [0.15, 0.2) is 0 Å². The fourth-order valence-electron chi connectivity index (χ4n) is 2.18. The van der Waals surface area contributed by atoms with E-state index in [9.17, 15) is 0 Å². The van der Waals surface area contributed by atoms with Crippen molar-refractivity contribution in [3.05, 3.63) is 15.8 Å². The molecule has 1 aliphatic rings. The third kappa shape index (κ3) is 3.01. The van der Waals surface area contributed by atoms with Gasteiger partial charge in [-0.3, -0.25) is 0 Å². The molecule has 1 aromatic heterocycles. The van der Waals surface area contributed by atoms with E-state index in [1.165, 1.54) is 0 Å². The molecule has 94 valence electrons. The van der Waals surface area contributed by atoms with E-state index < -0.39 is 0 Å². The smallest absolute Gasteiger partial charge is 0.238 e. The molecule has 0 bridgehead atoms. The number of halogens is 1. The molecule has 0 spiro atoms. The standard InChI is InChI=1S/C12H17IN2O2/c1-8-6-15(7-9(2)17-8)10-4-5-11(13)14-12(10)16-3/h4-5,8-9H,6-7H2,1-3H3/t8-,9+. The molecule has 5 heteroatoms. The van der Waals surface area contributed by atoms with Crippen LogP contribution in [0.5, 0.6) is 5.88 Å². The number of methoxy groups -OCH3 is 1. The minimum Gasteiger partial charge on any atom is -0.479 e. The molecule has 1 saturated heterocycles. The summed E-state index contributed by atoms with van der Waals surface area (Å²) >= 11 is 2.19. The van der Waals surface area contributed by atoms with Crippen molar-refractivity contribution in [2.45, 2.75) is 26.1 Å². The van der Waals surface area contributed by atoms with Gasteiger partial charge in [0.05, 0.1) is 19.3 Å². The Bertz CT molecular complexity index is 390. The van der Waals surface area contributed by atoms with Gasteiger partial charge in [0.25, 0.3) is 0 Å². The molecule has 2 rings (SSSR count). The summed E-state index contributed by atoms with van der Waals surface area (Å²) in [6.45, 7) is 5.94. The lowest BCUT2D eigenvalue weighted by atomic mass is 10.2. The first-order valence-corrected chi connectivity index (χ1v) is 6.79. The van der Waals surface area contributed by atoms with Crippen LogP contribution in [0.1, 0.15) is 13.8 Å². The van der Waals surface area contributed by atoms with Gasteiger partial charge in [-0.2, -0.15) is 0 Å². The van der Waals surface area contributed by atoms with Gasteiger partial charge in [0, 0.05) is 13.1 Å². The molecular weight excluding hydrogens is 331 g/mol. The van der Waals surface area contributed by atoms with Crippen molar-refractivity contribution in [3.8, 4) is 5.88 Å². The maximum absolute atomic E-state index is 5.73. The zero-order valence-electron chi connectivity index (χ0n) is 10.3. The maximum Gasteiger partial charge on any atom is 0.238 e. The Morgan fingerprint density at radius 2 is 2.00 bits per heavy atom. The van der Waals surface area contributed by atoms with E-state index in [-0.39, 0.29) is 12.2 Å². The molecule has 0 aliphatic carbocycles. The van der Waals surface area contributed by atoms with E-state index in [2.05, 4.69) is 52.4 Å². The van der Waals surface area contributed by atoms with Crippen molar-refractivity contribution in [1.82, 2.24) is 4.98 Å². The summed E-state index contributed by atoms with van der Waals surface area (Å²) in [6.07, 6.45) is 0.477. The Balaban J connectivity index is 2.26. The first kappa shape index (κ1) is 12.9. The molecule has 0 unspecified atom stereocenters. The van der Waals surface area contributed by atoms with Crippen molar-refractivity contribution < 1.29 is 9.47 Å². The van der Waals surface area contributed by atoms with Gasteiger partial charge < -0.3 is 14.4 Å². The highest BCUT2D eigenvalue weighted by Crippen LogP contribution is 2.29. The predicted octanol–water partition coefficient (Wildman–Crippen LogP) is 2.31. The average Bonchev–Trinajstić information content (AvgIpc) is 2.27. The van der Waals surface area contributed by atoms with Gasteiger partial charge in [-0.25, -0.2) is 4.98 Å². The van der Waals surface area contributed by atoms with Crippen LogP contribution in [-0.4, -0.2) is 37.4 Å². The third-order valence-electron chi connectivity index (χ3n) is 2.76. The SMILES string of the molecule is COc1nc(I)ccc1N1C[C@@H](C)O[C@@H](C)C1. The van der Waals surface area contributed by atoms with Crippen LogP contribution in [-0.2, 0) is 4.74 Å². The summed E-state index contributed by atoms with van der Waals surface area (Å²) in [5, 5.41) is 0. The molecule has 1 fully saturated rings. The molecular formula is C12H17IN2O2. The van der Waals surface area contributed by atoms with Crippen molar-refractivity contribution in [2.75, 3.05) is 25.1 Å². The first-order valence-electron chi connectivity index (χ1n) is 5.71. The number of pyridine rings is 1. The van der Waals surface area contributed by atoms with Crippen LogP contribution in [0.3, 0.4) is 0 Å². The maximum atomic E-state index is 5.73. The zero-order valence-corrected chi connectivity index (χ0v) is 12.5. The van der Waals surface area contributed by atoms with E-state index in [1.54, 1.807) is 7.11 Å². The molecule has 2 heterocycles. The number of anilines is 1. The Labute approximate surface area is 115 Å². The monoisotopic (exact) mass is 348 g/mol. The highest BCUT2D eigenvalue weighted by atomic mass is 127. The van der Waals surface area contributed by atoms with Crippen LogP contribution >= 0.6 is 22.6 Å². The van der Waals surface area contributed by atoms with Gasteiger partial charge in [0.1, 0.15) is 9.39 Å². The second-order valence-corrected chi connectivity index (χ2v) is 5.43. The molecule has 0 radical (unpaired) electrons.